The molecule has 0 aromatic heterocycles. The second kappa shape index (κ2) is 7.40. The quantitative estimate of drug-likeness (QED) is 0.507. The first kappa shape index (κ1) is 17.7. The molecule has 0 radical (unpaired) electrons. The van der Waals surface area contributed by atoms with Gasteiger partial charge in [0.25, 0.3) is 11.6 Å². The topological polar surface area (TPSA) is 108 Å². The molecule has 2 aromatic rings. The Bertz CT molecular complexity index is 936. The van der Waals surface area contributed by atoms with E-state index < -0.39 is 16.4 Å². The van der Waals surface area contributed by atoms with Gasteiger partial charge in [0.1, 0.15) is 0 Å². The number of hydrogen-bond acceptors (Lipinski definition) is 6. The van der Waals surface area contributed by atoms with E-state index in [1.54, 1.807) is 0 Å². The van der Waals surface area contributed by atoms with E-state index in [1.807, 2.05) is 24.3 Å². The van der Waals surface area contributed by atoms with Gasteiger partial charge >= 0.3 is 0 Å². The molecule has 2 aromatic carbocycles. The average molecular weight is 368 g/mol. The third-order valence-electron chi connectivity index (χ3n) is 3.70. The van der Waals surface area contributed by atoms with E-state index in [9.17, 15) is 20.0 Å². The first-order valence-electron chi connectivity index (χ1n) is 7.80. The van der Waals surface area contributed by atoms with Crippen molar-refractivity contribution in [1.29, 1.82) is 0 Å². The number of nitro groups is 1. The Kier molecular flexibility index (Phi) is 5.04. The van der Waals surface area contributed by atoms with E-state index in [1.165, 1.54) is 17.7 Å². The van der Waals surface area contributed by atoms with Crippen molar-refractivity contribution in [3.63, 3.8) is 0 Å². The average Bonchev–Trinajstić information content (AvgIpc) is 2.96. The van der Waals surface area contributed by atoms with Crippen molar-refractivity contribution in [3.05, 3.63) is 68.6 Å². The molecule has 1 aliphatic rings. The smallest absolute Gasteiger partial charge is 0.264 e. The number of thioether (sulfide) groups is 1. The van der Waals surface area contributed by atoms with Gasteiger partial charge in [0, 0.05) is 6.07 Å². The maximum absolute atomic E-state index is 12.1. The molecule has 8 heteroatoms. The number of aliphatic imine (C=N–C) groups is 1. The Morgan fingerprint density at radius 2 is 1.96 bits per heavy atom. The van der Waals surface area contributed by atoms with E-state index in [0.717, 1.165) is 36.0 Å². The minimum atomic E-state index is -0.737. The van der Waals surface area contributed by atoms with E-state index in [4.69, 9.17) is 0 Å². The largest absolute Gasteiger partial charge is 0.868 e. The number of carbonyl (C=O) groups is 1. The molecule has 1 heterocycles. The van der Waals surface area contributed by atoms with Crippen LogP contribution in [0.4, 0.5) is 11.4 Å². The van der Waals surface area contributed by atoms with Gasteiger partial charge < -0.3 is 10.4 Å². The van der Waals surface area contributed by atoms with Crippen LogP contribution in [-0.4, -0.2) is 16.0 Å². The predicted octanol–water partition coefficient (Wildman–Crippen LogP) is 3.12. The molecule has 132 valence electrons. The molecule has 26 heavy (non-hydrogen) atoms. The molecule has 0 spiro atoms. The van der Waals surface area contributed by atoms with Crippen molar-refractivity contribution < 1.29 is 14.8 Å². The molecule has 1 N–H and O–H groups in total. The SMILES string of the molecule is CCc1ccc(N=C2NC(=O)/C(=C/c3ccc([O-])c([N+](=O)[O-])c3)S2)cc1. The van der Waals surface area contributed by atoms with Gasteiger partial charge in [0.2, 0.25) is 0 Å². The van der Waals surface area contributed by atoms with Crippen molar-refractivity contribution in [2.45, 2.75) is 13.3 Å². The molecule has 0 unspecified atom stereocenters. The van der Waals surface area contributed by atoms with Crippen LogP contribution in [0, 0.1) is 10.1 Å². The summed E-state index contributed by atoms with van der Waals surface area (Å²) >= 11 is 1.14. The Labute approximate surface area is 153 Å². The minimum Gasteiger partial charge on any atom is -0.868 e. The third-order valence-corrected chi connectivity index (χ3v) is 4.61. The summed E-state index contributed by atoms with van der Waals surface area (Å²) in [6, 6.07) is 11.4. The molecule has 3 rings (SSSR count). The van der Waals surface area contributed by atoms with Crippen molar-refractivity contribution >= 4 is 40.3 Å². The first-order chi connectivity index (χ1) is 12.5. The standard InChI is InChI=1S/C18H15N3O4S/c1-2-11-3-6-13(7-4-11)19-18-20-17(23)16(26-18)10-12-5-8-15(22)14(9-12)21(24)25/h3-10,22H,2H2,1H3,(H,19,20,23)/p-1/b16-10-. The van der Waals surface area contributed by atoms with Gasteiger partial charge in [-0.25, -0.2) is 4.99 Å². The fraction of sp³-hybridized carbons (Fsp3) is 0.111. The zero-order valence-corrected chi connectivity index (χ0v) is 14.6. The fourth-order valence-electron chi connectivity index (χ4n) is 2.32. The minimum absolute atomic E-state index is 0.340. The van der Waals surface area contributed by atoms with Gasteiger partial charge in [0.15, 0.2) is 5.17 Å². The summed E-state index contributed by atoms with van der Waals surface area (Å²) in [5.41, 5.74) is 1.80. The van der Waals surface area contributed by atoms with Crippen LogP contribution in [0.15, 0.2) is 52.4 Å². The Balaban J connectivity index is 1.83. The van der Waals surface area contributed by atoms with E-state index in [2.05, 4.69) is 17.2 Å². The van der Waals surface area contributed by atoms with E-state index in [0.29, 0.717) is 15.6 Å². The second-order valence-corrected chi connectivity index (χ2v) is 6.52. The number of amidine groups is 1. The maximum Gasteiger partial charge on any atom is 0.264 e. The number of amides is 1. The first-order valence-corrected chi connectivity index (χ1v) is 8.62. The van der Waals surface area contributed by atoms with Gasteiger partial charge in [-0.2, -0.15) is 0 Å². The lowest BCUT2D eigenvalue weighted by molar-refractivity contribution is -0.398. The second-order valence-electron chi connectivity index (χ2n) is 5.49. The summed E-state index contributed by atoms with van der Waals surface area (Å²) in [7, 11) is 0. The number of nitrogens with one attached hydrogen (secondary N) is 1. The van der Waals surface area contributed by atoms with E-state index in [-0.39, 0.29) is 5.91 Å². The summed E-state index contributed by atoms with van der Waals surface area (Å²) in [5, 5.41) is 25.4. The number of nitrogens with zero attached hydrogens (tertiary/aromatic N) is 2. The summed E-state index contributed by atoms with van der Waals surface area (Å²) in [5.74, 6) is -1.01. The monoisotopic (exact) mass is 368 g/mol. The molecule has 1 fully saturated rings. The molecule has 0 atom stereocenters. The van der Waals surface area contributed by atoms with Crippen LogP contribution in [0.25, 0.3) is 6.08 Å². The van der Waals surface area contributed by atoms with E-state index >= 15 is 0 Å². The van der Waals surface area contributed by atoms with Crippen LogP contribution in [0.3, 0.4) is 0 Å². The zero-order chi connectivity index (χ0) is 18.7. The highest BCUT2D eigenvalue weighted by Crippen LogP contribution is 2.30. The highest BCUT2D eigenvalue weighted by atomic mass is 32.2. The van der Waals surface area contributed by atoms with Gasteiger partial charge in [0.05, 0.1) is 15.5 Å². The lowest BCUT2D eigenvalue weighted by Crippen LogP contribution is -2.19. The highest BCUT2D eigenvalue weighted by Gasteiger charge is 2.24. The van der Waals surface area contributed by atoms with Gasteiger partial charge in [-0.15, -0.1) is 0 Å². The number of aryl methyl sites for hydroxylation is 1. The van der Waals surface area contributed by atoms with Crippen molar-refractivity contribution in [3.8, 4) is 5.75 Å². The van der Waals surface area contributed by atoms with Crippen molar-refractivity contribution in [1.82, 2.24) is 5.32 Å². The molecule has 0 bridgehead atoms. The Hall–Kier alpha value is -3.13. The third kappa shape index (κ3) is 3.92. The number of hydrogen-bond donors (Lipinski definition) is 1. The number of benzene rings is 2. The fourth-order valence-corrected chi connectivity index (χ4v) is 3.16. The molecule has 1 aliphatic heterocycles. The predicted molar refractivity (Wildman–Crippen MR) is 99.2 cm³/mol. The summed E-state index contributed by atoms with van der Waals surface area (Å²) in [6.07, 6.45) is 2.43. The summed E-state index contributed by atoms with van der Waals surface area (Å²) in [4.78, 5) is 26.9. The summed E-state index contributed by atoms with van der Waals surface area (Å²) < 4.78 is 0. The van der Waals surface area contributed by atoms with Crippen LogP contribution >= 0.6 is 11.8 Å². The highest BCUT2D eigenvalue weighted by molar-refractivity contribution is 8.18. The molecular weight excluding hydrogens is 354 g/mol. The number of rotatable bonds is 4. The summed E-state index contributed by atoms with van der Waals surface area (Å²) in [6.45, 7) is 2.06. The molecule has 7 nitrogen and oxygen atoms in total. The number of carbonyl (C=O) groups excluding carboxylic acids is 1. The lowest BCUT2D eigenvalue weighted by atomic mass is 10.1. The molecule has 1 amide bonds. The molecule has 0 aliphatic carbocycles. The maximum atomic E-state index is 12.1. The Morgan fingerprint density at radius 3 is 2.62 bits per heavy atom. The number of nitro benzene ring substituents is 1. The van der Waals surface area contributed by atoms with Gasteiger partial charge in [-0.3, -0.25) is 14.9 Å². The van der Waals surface area contributed by atoms with Crippen LogP contribution in [0.5, 0.6) is 5.75 Å². The Morgan fingerprint density at radius 1 is 1.23 bits per heavy atom. The van der Waals surface area contributed by atoms with Crippen LogP contribution in [-0.2, 0) is 11.2 Å². The molecule has 1 saturated heterocycles. The van der Waals surface area contributed by atoms with Crippen molar-refractivity contribution in [2.75, 3.05) is 0 Å². The van der Waals surface area contributed by atoms with Crippen molar-refractivity contribution in [2.24, 2.45) is 4.99 Å². The lowest BCUT2D eigenvalue weighted by Gasteiger charge is -2.06. The van der Waals surface area contributed by atoms with Gasteiger partial charge in [-0.05, 0) is 53.3 Å². The molecular formula is C18H14N3O4S-. The van der Waals surface area contributed by atoms with Crippen LogP contribution in [0.2, 0.25) is 0 Å². The molecule has 0 saturated carbocycles. The van der Waals surface area contributed by atoms with Gasteiger partial charge in [-0.1, -0.05) is 31.2 Å². The zero-order valence-electron chi connectivity index (χ0n) is 13.8. The van der Waals surface area contributed by atoms with Crippen LogP contribution < -0.4 is 10.4 Å². The van der Waals surface area contributed by atoms with Crippen LogP contribution in [0.1, 0.15) is 18.1 Å². The normalized spacial score (nSPS) is 16.9.